The fraction of sp³-hybridized carbons (Fsp3) is 0.273. The minimum absolute atomic E-state index is 0.0486. The smallest absolute Gasteiger partial charge is 0.321 e. The Bertz CT molecular complexity index is 1270. The first kappa shape index (κ1) is 20.4. The fourth-order valence-electron chi connectivity index (χ4n) is 3.46. The Kier molecular flexibility index (Phi) is 5.57. The maximum absolute atomic E-state index is 12.6. The minimum Gasteiger partial charge on any atom is -0.338 e. The lowest BCUT2D eigenvalue weighted by Gasteiger charge is -2.11. The molecule has 0 saturated heterocycles. The number of nitrogens with one attached hydrogen (secondary N) is 3. The summed E-state index contributed by atoms with van der Waals surface area (Å²) in [6.45, 7) is 7.18. The van der Waals surface area contributed by atoms with Gasteiger partial charge in [0.05, 0.1) is 16.7 Å². The number of carbonyl (C=O) groups excluding carboxylic acids is 1. The van der Waals surface area contributed by atoms with E-state index in [1.807, 2.05) is 43.6 Å². The number of hydrogen-bond acceptors (Lipinski definition) is 4. The lowest BCUT2D eigenvalue weighted by atomic mass is 10.0. The number of rotatable bonds is 6. The SMILES string of the molecule is CCNC(=O)Nc1nc2cc(-c3ccn(CC(C)C)c(=O)c3)cc(-n3cccn3)c2[nH]1. The van der Waals surface area contributed by atoms with Crippen LogP contribution < -0.4 is 16.2 Å². The normalized spacial score (nSPS) is 11.2. The van der Waals surface area contributed by atoms with Crippen LogP contribution >= 0.6 is 0 Å². The van der Waals surface area contributed by atoms with Crippen molar-refractivity contribution in [3.8, 4) is 16.8 Å². The van der Waals surface area contributed by atoms with Gasteiger partial charge in [-0.15, -0.1) is 0 Å². The number of amides is 2. The minimum atomic E-state index is -0.337. The third-order valence-corrected chi connectivity index (χ3v) is 4.78. The summed E-state index contributed by atoms with van der Waals surface area (Å²) in [5.74, 6) is 0.713. The van der Waals surface area contributed by atoms with Gasteiger partial charge in [-0.2, -0.15) is 5.10 Å². The Morgan fingerprint density at radius 2 is 2.03 bits per heavy atom. The summed E-state index contributed by atoms with van der Waals surface area (Å²) < 4.78 is 3.43. The summed E-state index contributed by atoms with van der Waals surface area (Å²) >= 11 is 0. The number of benzene rings is 1. The zero-order chi connectivity index (χ0) is 22.0. The van der Waals surface area contributed by atoms with Gasteiger partial charge in [0.2, 0.25) is 5.95 Å². The fourth-order valence-corrected chi connectivity index (χ4v) is 3.46. The Labute approximate surface area is 179 Å². The second kappa shape index (κ2) is 8.47. The number of fused-ring (bicyclic) bond motifs is 1. The number of nitrogens with zero attached hydrogens (tertiary/aromatic N) is 4. The predicted octanol–water partition coefficient (Wildman–Crippen LogP) is 3.37. The van der Waals surface area contributed by atoms with E-state index >= 15 is 0 Å². The van der Waals surface area contributed by atoms with Crippen LogP contribution in [0.3, 0.4) is 0 Å². The zero-order valence-electron chi connectivity index (χ0n) is 17.7. The van der Waals surface area contributed by atoms with Gasteiger partial charge in [-0.3, -0.25) is 10.1 Å². The molecule has 0 unspecified atom stereocenters. The van der Waals surface area contributed by atoms with Crippen LogP contribution in [-0.4, -0.2) is 36.9 Å². The third-order valence-electron chi connectivity index (χ3n) is 4.78. The number of anilines is 1. The van der Waals surface area contributed by atoms with Crippen LogP contribution in [0.25, 0.3) is 27.8 Å². The van der Waals surface area contributed by atoms with Crippen LogP contribution in [0.5, 0.6) is 0 Å². The molecule has 0 radical (unpaired) electrons. The van der Waals surface area contributed by atoms with E-state index in [2.05, 4.69) is 39.5 Å². The molecule has 3 N–H and O–H groups in total. The van der Waals surface area contributed by atoms with Crippen molar-refractivity contribution >= 4 is 23.0 Å². The monoisotopic (exact) mass is 419 g/mol. The molecule has 0 spiro atoms. The van der Waals surface area contributed by atoms with Crippen LogP contribution in [0.15, 0.2) is 53.7 Å². The van der Waals surface area contributed by atoms with Gasteiger partial charge in [0, 0.05) is 37.7 Å². The molecule has 0 fully saturated rings. The molecule has 31 heavy (non-hydrogen) atoms. The van der Waals surface area contributed by atoms with E-state index in [4.69, 9.17) is 0 Å². The molecule has 9 heteroatoms. The molecule has 9 nitrogen and oxygen atoms in total. The highest BCUT2D eigenvalue weighted by Gasteiger charge is 2.14. The average molecular weight is 419 g/mol. The van der Waals surface area contributed by atoms with Crippen LogP contribution in [0.1, 0.15) is 20.8 Å². The zero-order valence-corrected chi connectivity index (χ0v) is 17.7. The molecule has 3 heterocycles. The molecule has 0 aliphatic carbocycles. The number of carbonyl (C=O) groups is 1. The number of pyridine rings is 1. The third kappa shape index (κ3) is 4.35. The van der Waals surface area contributed by atoms with E-state index < -0.39 is 0 Å². The van der Waals surface area contributed by atoms with Gasteiger partial charge in [-0.25, -0.2) is 14.5 Å². The van der Waals surface area contributed by atoms with E-state index in [9.17, 15) is 9.59 Å². The van der Waals surface area contributed by atoms with Crippen LogP contribution in [0.4, 0.5) is 10.7 Å². The predicted molar refractivity (Wildman–Crippen MR) is 120 cm³/mol. The molecule has 0 aliphatic rings. The first-order valence-corrected chi connectivity index (χ1v) is 10.2. The number of urea groups is 1. The van der Waals surface area contributed by atoms with E-state index in [1.165, 1.54) is 0 Å². The van der Waals surface area contributed by atoms with Gasteiger partial charge in [-0.1, -0.05) is 13.8 Å². The van der Waals surface area contributed by atoms with E-state index in [0.29, 0.717) is 30.5 Å². The number of aromatic nitrogens is 5. The van der Waals surface area contributed by atoms with Gasteiger partial charge < -0.3 is 14.9 Å². The van der Waals surface area contributed by atoms with Crippen molar-refractivity contribution in [3.05, 3.63) is 59.3 Å². The lowest BCUT2D eigenvalue weighted by molar-refractivity contribution is 0.252. The molecular formula is C22H25N7O2. The van der Waals surface area contributed by atoms with Gasteiger partial charge in [-0.05, 0) is 48.2 Å². The maximum atomic E-state index is 12.6. The van der Waals surface area contributed by atoms with Crippen molar-refractivity contribution in [1.82, 2.24) is 29.6 Å². The van der Waals surface area contributed by atoms with Gasteiger partial charge in [0.15, 0.2) is 0 Å². The second-order valence-electron chi connectivity index (χ2n) is 7.71. The molecule has 0 aliphatic heterocycles. The summed E-state index contributed by atoms with van der Waals surface area (Å²) in [4.78, 5) is 32.2. The lowest BCUT2D eigenvalue weighted by Crippen LogP contribution is -2.28. The van der Waals surface area contributed by atoms with Gasteiger partial charge in [0.1, 0.15) is 0 Å². The van der Waals surface area contributed by atoms with Crippen LogP contribution in [-0.2, 0) is 6.54 Å². The van der Waals surface area contributed by atoms with Gasteiger partial charge in [0.25, 0.3) is 5.56 Å². The summed E-state index contributed by atoms with van der Waals surface area (Å²) in [5.41, 5.74) is 3.73. The standard InChI is InChI=1S/C22H25N7O2/c1-4-23-22(31)27-21-25-17-10-16(11-18(20(17)26-21)29-8-5-7-24-29)15-6-9-28(13-14(2)3)19(30)12-15/h5-12,14H,4,13H2,1-3H3,(H3,23,25,26,27,31). The highest BCUT2D eigenvalue weighted by atomic mass is 16.2. The molecule has 4 aromatic rings. The van der Waals surface area contributed by atoms with Crippen molar-refractivity contribution in [2.75, 3.05) is 11.9 Å². The van der Waals surface area contributed by atoms with Crippen molar-refractivity contribution < 1.29 is 4.79 Å². The van der Waals surface area contributed by atoms with Crippen molar-refractivity contribution in [1.29, 1.82) is 0 Å². The Hall–Kier alpha value is -3.88. The van der Waals surface area contributed by atoms with E-state index in [0.717, 1.165) is 22.3 Å². The molecule has 3 aromatic heterocycles. The Balaban J connectivity index is 1.80. The summed E-state index contributed by atoms with van der Waals surface area (Å²) in [5, 5.41) is 9.72. The van der Waals surface area contributed by atoms with Crippen molar-refractivity contribution in [2.45, 2.75) is 27.3 Å². The van der Waals surface area contributed by atoms with Gasteiger partial charge >= 0.3 is 6.03 Å². The van der Waals surface area contributed by atoms with Crippen LogP contribution in [0.2, 0.25) is 0 Å². The number of aromatic amines is 1. The maximum Gasteiger partial charge on any atom is 0.321 e. The Morgan fingerprint density at radius 3 is 2.71 bits per heavy atom. The molecule has 0 bridgehead atoms. The molecule has 0 atom stereocenters. The number of imidazole rings is 1. The summed E-state index contributed by atoms with van der Waals surface area (Å²) in [7, 11) is 0. The molecule has 2 amide bonds. The summed E-state index contributed by atoms with van der Waals surface area (Å²) in [6.07, 6.45) is 5.34. The average Bonchev–Trinajstić information content (AvgIpc) is 3.38. The molecule has 4 rings (SSSR count). The molecular weight excluding hydrogens is 394 g/mol. The summed E-state index contributed by atoms with van der Waals surface area (Å²) in [6, 6.07) is 8.90. The quantitative estimate of drug-likeness (QED) is 0.445. The first-order valence-electron chi connectivity index (χ1n) is 10.2. The molecule has 0 saturated carbocycles. The van der Waals surface area contributed by atoms with Crippen LogP contribution in [0, 0.1) is 5.92 Å². The van der Waals surface area contributed by atoms with E-state index in [-0.39, 0.29) is 11.6 Å². The van der Waals surface area contributed by atoms with Crippen molar-refractivity contribution in [2.24, 2.45) is 5.92 Å². The van der Waals surface area contributed by atoms with Crippen molar-refractivity contribution in [3.63, 3.8) is 0 Å². The number of hydrogen-bond donors (Lipinski definition) is 3. The molecule has 160 valence electrons. The molecule has 1 aromatic carbocycles. The highest BCUT2D eigenvalue weighted by Crippen LogP contribution is 2.29. The number of H-pyrrole nitrogens is 1. The van der Waals surface area contributed by atoms with E-state index in [1.54, 1.807) is 21.5 Å². The topological polar surface area (TPSA) is 110 Å². The Morgan fingerprint density at radius 1 is 1.19 bits per heavy atom. The largest absolute Gasteiger partial charge is 0.338 e. The first-order chi connectivity index (χ1) is 14.9. The second-order valence-corrected chi connectivity index (χ2v) is 7.71. The highest BCUT2D eigenvalue weighted by molar-refractivity contribution is 5.94.